The minimum absolute atomic E-state index is 0.000291. The van der Waals surface area contributed by atoms with Gasteiger partial charge in [-0.2, -0.15) is 0 Å². The zero-order chi connectivity index (χ0) is 20.4. The quantitative estimate of drug-likeness (QED) is 0.867. The number of para-hydroxylation sites is 2. The lowest BCUT2D eigenvalue weighted by Crippen LogP contribution is -2.37. The van der Waals surface area contributed by atoms with Crippen LogP contribution in [0.5, 0.6) is 0 Å². The lowest BCUT2D eigenvalue weighted by Gasteiger charge is -2.30. The van der Waals surface area contributed by atoms with Gasteiger partial charge >= 0.3 is 0 Å². The number of anilines is 3. The molecule has 1 atom stereocenters. The third-order valence-electron chi connectivity index (χ3n) is 5.88. The van der Waals surface area contributed by atoms with Gasteiger partial charge < -0.3 is 19.9 Å². The van der Waals surface area contributed by atoms with Gasteiger partial charge in [-0.3, -0.25) is 9.59 Å². The fraction of sp³-hybridized carbons (Fsp3) is 0.391. The van der Waals surface area contributed by atoms with Gasteiger partial charge in [0.15, 0.2) is 0 Å². The van der Waals surface area contributed by atoms with E-state index in [0.717, 1.165) is 41.3 Å². The summed E-state index contributed by atoms with van der Waals surface area (Å²) >= 11 is 0. The minimum atomic E-state index is -0.361. The highest BCUT2D eigenvalue weighted by Crippen LogP contribution is 2.31. The first-order chi connectivity index (χ1) is 14.0. The summed E-state index contributed by atoms with van der Waals surface area (Å²) in [4.78, 5) is 29.6. The Hall–Kier alpha value is -2.86. The summed E-state index contributed by atoms with van der Waals surface area (Å²) in [7, 11) is 0. The van der Waals surface area contributed by atoms with Crippen LogP contribution in [0.2, 0.25) is 0 Å². The van der Waals surface area contributed by atoms with Crippen LogP contribution in [0.4, 0.5) is 17.1 Å². The van der Waals surface area contributed by atoms with E-state index in [1.165, 1.54) is 0 Å². The molecule has 2 aromatic rings. The van der Waals surface area contributed by atoms with Gasteiger partial charge in [0.25, 0.3) is 0 Å². The predicted octanol–water partition coefficient (Wildman–Crippen LogP) is 3.13. The van der Waals surface area contributed by atoms with E-state index in [1.54, 1.807) is 4.90 Å². The highest BCUT2D eigenvalue weighted by Gasteiger charge is 2.36. The molecule has 1 N–H and O–H groups in total. The number of aryl methyl sites for hydroxylation is 1. The fourth-order valence-electron chi connectivity index (χ4n) is 4.04. The molecule has 2 aliphatic heterocycles. The lowest BCUT2D eigenvalue weighted by atomic mass is 10.1. The fourth-order valence-corrected chi connectivity index (χ4v) is 4.04. The van der Waals surface area contributed by atoms with Crippen LogP contribution in [0, 0.1) is 19.8 Å². The number of benzene rings is 2. The average Bonchev–Trinajstić information content (AvgIpc) is 3.13. The molecule has 2 heterocycles. The van der Waals surface area contributed by atoms with E-state index in [0.29, 0.717) is 19.8 Å². The van der Waals surface area contributed by atoms with Crippen LogP contribution in [0.25, 0.3) is 0 Å². The van der Waals surface area contributed by atoms with Crippen molar-refractivity contribution in [1.29, 1.82) is 0 Å². The monoisotopic (exact) mass is 393 g/mol. The third kappa shape index (κ3) is 3.98. The lowest BCUT2D eigenvalue weighted by molar-refractivity contribution is -0.122. The maximum atomic E-state index is 13.0. The Balaban J connectivity index is 1.49. The number of hydrogen-bond acceptors (Lipinski definition) is 4. The molecule has 0 saturated carbocycles. The Morgan fingerprint density at radius 1 is 1.03 bits per heavy atom. The number of carbonyl (C=O) groups excluding carboxylic acids is 2. The van der Waals surface area contributed by atoms with E-state index in [9.17, 15) is 9.59 Å². The summed E-state index contributed by atoms with van der Waals surface area (Å²) in [5.74, 6) is -0.465. The van der Waals surface area contributed by atoms with Crippen LogP contribution in [0.1, 0.15) is 17.5 Å². The van der Waals surface area contributed by atoms with Gasteiger partial charge in [0.05, 0.1) is 30.5 Å². The molecule has 6 nitrogen and oxygen atoms in total. The molecular weight excluding hydrogens is 366 g/mol. The summed E-state index contributed by atoms with van der Waals surface area (Å²) < 4.78 is 5.44. The van der Waals surface area contributed by atoms with Crippen LogP contribution in [-0.2, 0) is 14.3 Å². The number of rotatable bonds is 4. The van der Waals surface area contributed by atoms with Crippen molar-refractivity contribution in [2.45, 2.75) is 20.3 Å². The van der Waals surface area contributed by atoms with E-state index in [-0.39, 0.29) is 24.2 Å². The molecule has 0 aliphatic carbocycles. The zero-order valence-electron chi connectivity index (χ0n) is 17.0. The topological polar surface area (TPSA) is 61.9 Å². The highest BCUT2D eigenvalue weighted by atomic mass is 16.5. The first-order valence-corrected chi connectivity index (χ1v) is 10.1. The summed E-state index contributed by atoms with van der Waals surface area (Å²) in [5, 5.41) is 3.07. The van der Waals surface area contributed by atoms with E-state index in [1.807, 2.05) is 56.3 Å². The van der Waals surface area contributed by atoms with Crippen molar-refractivity contribution in [2.75, 3.05) is 48.0 Å². The summed E-state index contributed by atoms with van der Waals surface area (Å²) in [6.07, 6.45) is 0.235. The summed E-state index contributed by atoms with van der Waals surface area (Å²) in [6, 6.07) is 13.8. The Labute approximate surface area is 171 Å². The minimum Gasteiger partial charge on any atom is -0.378 e. The van der Waals surface area contributed by atoms with Crippen molar-refractivity contribution in [3.8, 4) is 0 Å². The molecule has 0 spiro atoms. The average molecular weight is 393 g/mol. The number of amides is 2. The van der Waals surface area contributed by atoms with Gasteiger partial charge in [0.2, 0.25) is 11.8 Å². The first-order valence-electron chi connectivity index (χ1n) is 10.1. The van der Waals surface area contributed by atoms with Crippen molar-refractivity contribution in [3.05, 3.63) is 53.6 Å². The summed E-state index contributed by atoms with van der Waals surface area (Å²) in [5.41, 5.74) is 4.91. The normalized spacial score (nSPS) is 19.5. The van der Waals surface area contributed by atoms with Crippen molar-refractivity contribution in [2.24, 2.45) is 5.92 Å². The van der Waals surface area contributed by atoms with Crippen LogP contribution in [0.15, 0.2) is 42.5 Å². The first kappa shape index (κ1) is 19.5. The number of carbonyl (C=O) groups is 2. The molecule has 2 saturated heterocycles. The zero-order valence-corrected chi connectivity index (χ0v) is 17.0. The van der Waals surface area contributed by atoms with E-state index in [4.69, 9.17) is 4.74 Å². The maximum absolute atomic E-state index is 13.0. The van der Waals surface area contributed by atoms with Crippen molar-refractivity contribution in [3.63, 3.8) is 0 Å². The molecule has 6 heteroatoms. The van der Waals surface area contributed by atoms with Crippen molar-refractivity contribution in [1.82, 2.24) is 0 Å². The number of nitrogens with one attached hydrogen (secondary N) is 1. The molecular formula is C23H27N3O3. The van der Waals surface area contributed by atoms with E-state index in [2.05, 4.69) is 10.2 Å². The standard InChI is InChI=1S/C23H27N3O3/c1-16-6-5-9-20(17(16)2)26-15-18(14-22(26)27)23(28)24-19-7-3-4-8-21(19)25-10-12-29-13-11-25/h3-9,18H,10-15H2,1-2H3,(H,24,28)/t18-/m1/s1. The van der Waals surface area contributed by atoms with Crippen molar-refractivity contribution >= 4 is 28.9 Å². The molecule has 0 bridgehead atoms. The SMILES string of the molecule is Cc1cccc(N2C[C@H](C(=O)Nc3ccccc3N3CCOCC3)CC2=O)c1C. The van der Waals surface area contributed by atoms with Crippen LogP contribution in [-0.4, -0.2) is 44.7 Å². The number of morpholine rings is 1. The van der Waals surface area contributed by atoms with Gasteiger partial charge in [0.1, 0.15) is 0 Å². The Kier molecular flexibility index (Phi) is 5.53. The largest absolute Gasteiger partial charge is 0.378 e. The third-order valence-corrected chi connectivity index (χ3v) is 5.88. The van der Waals surface area contributed by atoms with Crippen LogP contribution in [0.3, 0.4) is 0 Å². The molecule has 152 valence electrons. The summed E-state index contributed by atoms with van der Waals surface area (Å²) in [6.45, 7) is 7.43. The second-order valence-corrected chi connectivity index (χ2v) is 7.73. The molecule has 0 aromatic heterocycles. The highest BCUT2D eigenvalue weighted by molar-refractivity contribution is 6.04. The Morgan fingerprint density at radius 2 is 1.76 bits per heavy atom. The van der Waals surface area contributed by atoms with Crippen LogP contribution >= 0.6 is 0 Å². The molecule has 0 radical (unpaired) electrons. The molecule has 2 fully saturated rings. The van der Waals surface area contributed by atoms with Gasteiger partial charge in [-0.25, -0.2) is 0 Å². The molecule has 4 rings (SSSR count). The smallest absolute Gasteiger partial charge is 0.229 e. The van der Waals surface area contributed by atoms with E-state index >= 15 is 0 Å². The molecule has 0 unspecified atom stereocenters. The molecule has 2 aromatic carbocycles. The maximum Gasteiger partial charge on any atom is 0.229 e. The van der Waals surface area contributed by atoms with Gasteiger partial charge in [-0.05, 0) is 43.2 Å². The van der Waals surface area contributed by atoms with Gasteiger partial charge in [-0.1, -0.05) is 24.3 Å². The molecule has 29 heavy (non-hydrogen) atoms. The number of hydrogen-bond donors (Lipinski definition) is 1. The molecule has 2 aliphatic rings. The van der Waals surface area contributed by atoms with Crippen molar-refractivity contribution < 1.29 is 14.3 Å². The van der Waals surface area contributed by atoms with Gasteiger partial charge in [0, 0.05) is 31.7 Å². The van der Waals surface area contributed by atoms with E-state index < -0.39 is 0 Å². The van der Waals surface area contributed by atoms with Gasteiger partial charge in [-0.15, -0.1) is 0 Å². The Morgan fingerprint density at radius 3 is 2.55 bits per heavy atom. The number of nitrogens with zero attached hydrogens (tertiary/aromatic N) is 2. The Bertz CT molecular complexity index is 921. The number of ether oxygens (including phenoxy) is 1. The second kappa shape index (κ2) is 8.25. The molecule has 2 amide bonds. The van der Waals surface area contributed by atoms with Crippen LogP contribution < -0.4 is 15.1 Å². The predicted molar refractivity (Wildman–Crippen MR) is 114 cm³/mol. The second-order valence-electron chi connectivity index (χ2n) is 7.73.